The summed E-state index contributed by atoms with van der Waals surface area (Å²) in [5.41, 5.74) is -0.0313. The van der Waals surface area contributed by atoms with Gasteiger partial charge in [0.05, 0.1) is 9.90 Å². The van der Waals surface area contributed by atoms with Crippen molar-refractivity contribution >= 4 is 27.3 Å². The molecule has 7 nitrogen and oxygen atoms in total. The molecule has 0 spiro atoms. The van der Waals surface area contributed by atoms with Gasteiger partial charge in [-0.1, -0.05) is 0 Å². The lowest BCUT2D eigenvalue weighted by Crippen LogP contribution is -2.37. The average Bonchev–Trinajstić information content (AvgIpc) is 3.11. The summed E-state index contributed by atoms with van der Waals surface area (Å²) in [6, 6.07) is 4.05. The molecule has 0 unspecified atom stereocenters. The van der Waals surface area contributed by atoms with E-state index < -0.39 is 28.1 Å². The van der Waals surface area contributed by atoms with Crippen LogP contribution < -0.4 is 4.74 Å². The molecule has 2 heterocycles. The number of nitrogens with zero attached hydrogens (tertiary/aromatic N) is 2. The normalized spacial score (nSPS) is 16.8. The minimum atomic E-state index is -4.85. The average molecular weight is 436 g/mol. The molecule has 1 N–H and O–H groups in total. The van der Waals surface area contributed by atoms with E-state index in [2.05, 4.69) is 9.72 Å². The van der Waals surface area contributed by atoms with E-state index in [-0.39, 0.29) is 29.6 Å². The Kier molecular flexibility index (Phi) is 5.64. The second-order valence-electron chi connectivity index (χ2n) is 6.07. The minimum absolute atomic E-state index is 0.0313. The van der Waals surface area contributed by atoms with Gasteiger partial charge in [-0.05, 0) is 37.1 Å². The third-order valence-electron chi connectivity index (χ3n) is 4.24. The SMILES string of the molecule is O=C(O)c1csc(C2CCN(S(=O)(=O)c3ccc(OC(F)(F)F)cc3)CC2)n1. The Morgan fingerprint density at radius 2 is 1.82 bits per heavy atom. The highest BCUT2D eigenvalue weighted by Crippen LogP contribution is 2.33. The van der Waals surface area contributed by atoms with E-state index in [0.717, 1.165) is 24.3 Å². The molecular weight excluding hydrogens is 421 g/mol. The Bertz CT molecular complexity index is 949. The summed E-state index contributed by atoms with van der Waals surface area (Å²) in [5, 5.41) is 11.0. The van der Waals surface area contributed by atoms with Crippen LogP contribution in [0, 0.1) is 0 Å². The molecule has 1 saturated heterocycles. The highest BCUT2D eigenvalue weighted by molar-refractivity contribution is 7.89. The number of aromatic carboxylic acids is 1. The molecule has 1 fully saturated rings. The van der Waals surface area contributed by atoms with Gasteiger partial charge < -0.3 is 9.84 Å². The van der Waals surface area contributed by atoms with Crippen molar-refractivity contribution in [2.75, 3.05) is 13.1 Å². The number of carboxylic acid groups (broad SMARTS) is 1. The van der Waals surface area contributed by atoms with Crippen molar-refractivity contribution in [1.29, 1.82) is 0 Å². The number of hydrogen-bond donors (Lipinski definition) is 1. The Morgan fingerprint density at radius 3 is 2.32 bits per heavy atom. The fourth-order valence-corrected chi connectivity index (χ4v) is 5.31. The van der Waals surface area contributed by atoms with Crippen molar-refractivity contribution in [3.63, 3.8) is 0 Å². The van der Waals surface area contributed by atoms with Crippen molar-refractivity contribution in [2.45, 2.75) is 30.0 Å². The van der Waals surface area contributed by atoms with Gasteiger partial charge in [0.2, 0.25) is 10.0 Å². The fraction of sp³-hybridized carbons (Fsp3) is 0.375. The smallest absolute Gasteiger partial charge is 0.476 e. The van der Waals surface area contributed by atoms with Crippen LogP contribution in [0.2, 0.25) is 0 Å². The molecule has 1 aliphatic rings. The second kappa shape index (κ2) is 7.68. The molecule has 12 heteroatoms. The molecule has 0 bridgehead atoms. The van der Waals surface area contributed by atoms with Crippen molar-refractivity contribution in [3.05, 3.63) is 40.3 Å². The quantitative estimate of drug-likeness (QED) is 0.773. The Balaban J connectivity index is 1.66. The van der Waals surface area contributed by atoms with Crippen molar-refractivity contribution in [2.24, 2.45) is 0 Å². The van der Waals surface area contributed by atoms with Gasteiger partial charge in [0, 0.05) is 24.4 Å². The second-order valence-corrected chi connectivity index (χ2v) is 8.90. The summed E-state index contributed by atoms with van der Waals surface area (Å²) in [4.78, 5) is 14.9. The van der Waals surface area contributed by atoms with Crippen LogP contribution in [0.5, 0.6) is 5.75 Å². The number of alkyl halides is 3. The van der Waals surface area contributed by atoms with Gasteiger partial charge >= 0.3 is 12.3 Å². The number of carbonyl (C=O) groups is 1. The molecule has 152 valence electrons. The first-order valence-corrected chi connectivity index (χ1v) is 10.4. The molecule has 3 rings (SSSR count). The Morgan fingerprint density at radius 1 is 1.21 bits per heavy atom. The zero-order valence-electron chi connectivity index (χ0n) is 14.2. The number of benzene rings is 1. The maximum Gasteiger partial charge on any atom is 0.573 e. The van der Waals surface area contributed by atoms with Gasteiger partial charge in [-0.25, -0.2) is 18.2 Å². The third-order valence-corrected chi connectivity index (χ3v) is 7.16. The lowest BCUT2D eigenvalue weighted by molar-refractivity contribution is -0.274. The van der Waals surface area contributed by atoms with Crippen LogP contribution >= 0.6 is 11.3 Å². The maximum atomic E-state index is 12.7. The standard InChI is InChI=1S/C16H15F3N2O5S2/c17-16(18,19)26-11-1-3-12(4-2-11)28(24,25)21-7-5-10(6-8-21)14-20-13(9-27-14)15(22)23/h1-4,9-10H,5-8H2,(H,22,23). The maximum absolute atomic E-state index is 12.7. The summed E-state index contributed by atoms with van der Waals surface area (Å²) < 4.78 is 67.0. The van der Waals surface area contributed by atoms with Crippen LogP contribution in [0.4, 0.5) is 13.2 Å². The summed E-state index contributed by atoms with van der Waals surface area (Å²) in [7, 11) is -3.85. The molecule has 0 aliphatic carbocycles. The lowest BCUT2D eigenvalue weighted by Gasteiger charge is -2.30. The number of hydrogen-bond acceptors (Lipinski definition) is 6. The molecule has 0 amide bonds. The third kappa shape index (κ3) is 4.62. The predicted octanol–water partition coefficient (Wildman–Crippen LogP) is 3.31. The zero-order valence-corrected chi connectivity index (χ0v) is 15.9. The number of thiazole rings is 1. The van der Waals surface area contributed by atoms with Crippen LogP contribution in [-0.4, -0.2) is 48.2 Å². The molecule has 0 saturated carbocycles. The van der Waals surface area contributed by atoms with Crippen LogP contribution in [0.3, 0.4) is 0 Å². The van der Waals surface area contributed by atoms with Crippen molar-refractivity contribution in [1.82, 2.24) is 9.29 Å². The molecule has 2 aromatic rings. The molecule has 1 aliphatic heterocycles. The van der Waals surface area contributed by atoms with E-state index in [1.54, 1.807) is 0 Å². The van der Waals surface area contributed by atoms with E-state index in [9.17, 15) is 26.4 Å². The number of carboxylic acids is 1. The number of piperidine rings is 1. The predicted molar refractivity (Wildman–Crippen MR) is 92.9 cm³/mol. The number of aromatic nitrogens is 1. The van der Waals surface area contributed by atoms with Gasteiger partial charge in [0.25, 0.3) is 0 Å². The lowest BCUT2D eigenvalue weighted by atomic mass is 9.99. The number of ether oxygens (including phenoxy) is 1. The first-order chi connectivity index (χ1) is 13.1. The summed E-state index contributed by atoms with van der Waals surface area (Å²) in [5.74, 6) is -1.64. The first kappa shape index (κ1) is 20.6. The topological polar surface area (TPSA) is 96.8 Å². The summed E-state index contributed by atoms with van der Waals surface area (Å²) in [6.45, 7) is 0.408. The molecule has 0 atom stereocenters. The molecule has 0 radical (unpaired) electrons. The van der Waals surface area contributed by atoms with Crippen LogP contribution in [-0.2, 0) is 10.0 Å². The molecule has 28 heavy (non-hydrogen) atoms. The van der Waals surface area contributed by atoms with Crippen LogP contribution in [0.15, 0.2) is 34.5 Å². The monoisotopic (exact) mass is 436 g/mol. The van der Waals surface area contributed by atoms with E-state index >= 15 is 0 Å². The van der Waals surface area contributed by atoms with Gasteiger partial charge in [0.1, 0.15) is 5.75 Å². The summed E-state index contributed by atoms with van der Waals surface area (Å²) in [6.07, 6.45) is -3.90. The summed E-state index contributed by atoms with van der Waals surface area (Å²) >= 11 is 1.23. The van der Waals surface area contributed by atoms with Crippen LogP contribution in [0.25, 0.3) is 0 Å². The van der Waals surface area contributed by atoms with E-state index in [0.29, 0.717) is 17.8 Å². The zero-order chi connectivity index (χ0) is 20.5. The largest absolute Gasteiger partial charge is 0.573 e. The fourth-order valence-electron chi connectivity index (χ4n) is 2.88. The Labute approximate surface area is 162 Å². The van der Waals surface area contributed by atoms with Gasteiger partial charge in [-0.2, -0.15) is 4.31 Å². The van der Waals surface area contributed by atoms with E-state index in [1.807, 2.05) is 0 Å². The molecule has 1 aromatic heterocycles. The highest BCUT2D eigenvalue weighted by atomic mass is 32.2. The number of halogens is 3. The van der Waals surface area contributed by atoms with E-state index in [1.165, 1.54) is 21.0 Å². The van der Waals surface area contributed by atoms with Gasteiger partial charge in [-0.3, -0.25) is 0 Å². The van der Waals surface area contributed by atoms with Crippen LogP contribution in [0.1, 0.15) is 34.3 Å². The van der Waals surface area contributed by atoms with Crippen molar-refractivity contribution in [3.8, 4) is 5.75 Å². The minimum Gasteiger partial charge on any atom is -0.476 e. The molecule has 1 aromatic carbocycles. The highest BCUT2D eigenvalue weighted by Gasteiger charge is 2.33. The van der Waals surface area contributed by atoms with Crippen molar-refractivity contribution < 1.29 is 36.2 Å². The number of rotatable bonds is 5. The van der Waals surface area contributed by atoms with Gasteiger partial charge in [-0.15, -0.1) is 24.5 Å². The van der Waals surface area contributed by atoms with E-state index in [4.69, 9.17) is 5.11 Å². The molecular formula is C16H15F3N2O5S2. The first-order valence-electron chi connectivity index (χ1n) is 8.11. The van der Waals surface area contributed by atoms with Gasteiger partial charge in [0.15, 0.2) is 5.69 Å². The Hall–Kier alpha value is -2.18. The number of sulfonamides is 1.